The molecule has 0 unspecified atom stereocenters. The second-order valence-corrected chi connectivity index (χ2v) is 8.43. The van der Waals surface area contributed by atoms with E-state index < -0.39 is 10.0 Å². The topological polar surface area (TPSA) is 111 Å². The number of hydrogen-bond acceptors (Lipinski definition) is 6. The van der Waals surface area contributed by atoms with Crippen LogP contribution in [-0.2, 0) is 14.8 Å². The summed E-state index contributed by atoms with van der Waals surface area (Å²) in [5, 5.41) is 13.3. The van der Waals surface area contributed by atoms with Crippen LogP contribution in [-0.4, -0.2) is 77.7 Å². The van der Waals surface area contributed by atoms with E-state index in [0.29, 0.717) is 49.8 Å². The van der Waals surface area contributed by atoms with Crippen LogP contribution < -0.4 is 5.32 Å². The zero-order chi connectivity index (χ0) is 17.4. The molecule has 4 rings (SSSR count). The minimum atomic E-state index is -3.57. The minimum Gasteiger partial charge on any atom is -0.352 e. The van der Waals surface area contributed by atoms with Crippen LogP contribution in [0, 0.1) is 0 Å². The van der Waals surface area contributed by atoms with E-state index in [2.05, 4.69) is 20.7 Å². The zero-order valence-electron chi connectivity index (χ0n) is 13.7. The maximum atomic E-state index is 12.8. The number of rotatable bonds is 5. The van der Waals surface area contributed by atoms with Gasteiger partial charge in [0, 0.05) is 32.2 Å². The summed E-state index contributed by atoms with van der Waals surface area (Å²) in [6.07, 6.45) is 2.13. The van der Waals surface area contributed by atoms with Gasteiger partial charge in [0.25, 0.3) is 0 Å². The lowest BCUT2D eigenvalue weighted by molar-refractivity contribution is -0.122. The van der Waals surface area contributed by atoms with E-state index in [9.17, 15) is 13.2 Å². The van der Waals surface area contributed by atoms with Crippen LogP contribution >= 0.6 is 0 Å². The van der Waals surface area contributed by atoms with Crippen LogP contribution in [0.2, 0.25) is 0 Å². The Morgan fingerprint density at radius 2 is 1.88 bits per heavy atom. The Morgan fingerprint density at radius 1 is 1.16 bits per heavy atom. The Hall–Kier alpha value is -2.04. The SMILES string of the molecule is O=C(CN1CCN(S(=O)(=O)c2ccc3n[nH]nc3c2)CC1)NC1CC1. The minimum absolute atomic E-state index is 0.0234. The van der Waals surface area contributed by atoms with Crippen molar-refractivity contribution in [3.05, 3.63) is 18.2 Å². The number of carbonyl (C=O) groups is 1. The van der Waals surface area contributed by atoms with Gasteiger partial charge in [-0.05, 0) is 31.0 Å². The van der Waals surface area contributed by atoms with E-state index in [4.69, 9.17) is 0 Å². The van der Waals surface area contributed by atoms with Crippen LogP contribution in [0.4, 0.5) is 0 Å². The van der Waals surface area contributed by atoms with Crippen LogP contribution in [0.1, 0.15) is 12.8 Å². The van der Waals surface area contributed by atoms with Crippen LogP contribution in [0.25, 0.3) is 11.0 Å². The fraction of sp³-hybridized carbons (Fsp3) is 0.533. The summed E-state index contributed by atoms with van der Waals surface area (Å²) in [6.45, 7) is 2.16. The van der Waals surface area contributed by atoms with Gasteiger partial charge in [-0.25, -0.2) is 8.42 Å². The highest BCUT2D eigenvalue weighted by Crippen LogP contribution is 2.21. The molecule has 1 saturated heterocycles. The lowest BCUT2D eigenvalue weighted by Crippen LogP contribution is -2.51. The average Bonchev–Trinajstić information content (AvgIpc) is 3.27. The van der Waals surface area contributed by atoms with Crippen LogP contribution in [0.3, 0.4) is 0 Å². The maximum Gasteiger partial charge on any atom is 0.243 e. The number of carbonyl (C=O) groups excluding carboxylic acids is 1. The fourth-order valence-electron chi connectivity index (χ4n) is 2.96. The summed E-state index contributed by atoms with van der Waals surface area (Å²) in [5.74, 6) is 0.0234. The molecule has 2 fully saturated rings. The normalized spacial score (nSPS) is 20.0. The largest absolute Gasteiger partial charge is 0.352 e. The number of nitrogens with zero attached hydrogens (tertiary/aromatic N) is 4. The Balaban J connectivity index is 1.39. The standard InChI is InChI=1S/C15H20N6O3S/c22-15(16-11-1-2-11)10-20-5-7-21(8-6-20)25(23,24)12-3-4-13-14(9-12)18-19-17-13/h3-4,9,11H,1-2,5-8,10H2,(H,16,22)(H,17,18,19). The molecule has 1 aliphatic carbocycles. The van der Waals surface area contributed by atoms with E-state index in [1.54, 1.807) is 12.1 Å². The number of sulfonamides is 1. The molecule has 9 nitrogen and oxygen atoms in total. The monoisotopic (exact) mass is 364 g/mol. The third kappa shape index (κ3) is 3.51. The molecular formula is C15H20N6O3S. The Kier molecular flexibility index (Phi) is 4.18. The number of aromatic amines is 1. The highest BCUT2D eigenvalue weighted by atomic mass is 32.2. The van der Waals surface area contributed by atoms with Gasteiger partial charge in [0.1, 0.15) is 11.0 Å². The molecule has 2 aromatic rings. The summed E-state index contributed by atoms with van der Waals surface area (Å²) >= 11 is 0. The predicted octanol–water partition coefficient (Wildman–Crippen LogP) is -0.457. The Labute approximate surface area is 145 Å². The molecule has 1 amide bonds. The molecular weight excluding hydrogens is 344 g/mol. The van der Waals surface area contributed by atoms with Gasteiger partial charge in [-0.2, -0.15) is 19.7 Å². The Bertz CT molecular complexity index is 884. The molecule has 0 radical (unpaired) electrons. The van der Waals surface area contributed by atoms with Crippen LogP contribution in [0.5, 0.6) is 0 Å². The van der Waals surface area contributed by atoms with Gasteiger partial charge in [0.15, 0.2) is 0 Å². The number of fused-ring (bicyclic) bond motifs is 1. The van der Waals surface area contributed by atoms with Gasteiger partial charge in [0.05, 0.1) is 11.4 Å². The van der Waals surface area contributed by atoms with Crippen molar-refractivity contribution in [3.63, 3.8) is 0 Å². The molecule has 2 heterocycles. The quantitative estimate of drug-likeness (QED) is 0.743. The van der Waals surface area contributed by atoms with Gasteiger partial charge in [0.2, 0.25) is 15.9 Å². The summed E-state index contributed by atoms with van der Waals surface area (Å²) in [5.41, 5.74) is 1.15. The van der Waals surface area contributed by atoms with E-state index in [1.807, 2.05) is 4.90 Å². The molecule has 1 aromatic carbocycles. The number of nitrogens with one attached hydrogen (secondary N) is 2. The number of piperazine rings is 1. The first-order chi connectivity index (χ1) is 12.0. The highest BCUT2D eigenvalue weighted by Gasteiger charge is 2.30. The number of aromatic nitrogens is 3. The van der Waals surface area contributed by atoms with Gasteiger partial charge >= 0.3 is 0 Å². The fourth-order valence-corrected chi connectivity index (χ4v) is 4.40. The van der Waals surface area contributed by atoms with Gasteiger partial charge < -0.3 is 5.32 Å². The van der Waals surface area contributed by atoms with Crippen molar-refractivity contribution in [2.45, 2.75) is 23.8 Å². The van der Waals surface area contributed by atoms with E-state index in [1.165, 1.54) is 10.4 Å². The third-order valence-corrected chi connectivity index (χ3v) is 6.46. The van der Waals surface area contributed by atoms with Gasteiger partial charge in [-0.1, -0.05) is 0 Å². The molecule has 10 heteroatoms. The molecule has 0 atom stereocenters. The smallest absolute Gasteiger partial charge is 0.243 e. The molecule has 134 valence electrons. The summed E-state index contributed by atoms with van der Waals surface area (Å²) in [4.78, 5) is 14.1. The molecule has 1 saturated carbocycles. The second kappa shape index (κ2) is 6.36. The van der Waals surface area contributed by atoms with Gasteiger partial charge in [-0.3, -0.25) is 9.69 Å². The van der Waals surface area contributed by atoms with Crippen LogP contribution in [0.15, 0.2) is 23.1 Å². The van der Waals surface area contributed by atoms with E-state index in [0.717, 1.165) is 12.8 Å². The highest BCUT2D eigenvalue weighted by molar-refractivity contribution is 7.89. The number of amides is 1. The van der Waals surface area contributed by atoms with Crippen molar-refractivity contribution in [1.82, 2.24) is 29.9 Å². The Morgan fingerprint density at radius 3 is 2.60 bits per heavy atom. The molecule has 1 aliphatic heterocycles. The van der Waals surface area contributed by atoms with Crippen molar-refractivity contribution < 1.29 is 13.2 Å². The van der Waals surface area contributed by atoms with E-state index in [-0.39, 0.29) is 10.8 Å². The first-order valence-corrected chi connectivity index (χ1v) is 9.79. The molecule has 2 N–H and O–H groups in total. The average molecular weight is 364 g/mol. The summed E-state index contributed by atoms with van der Waals surface area (Å²) in [6, 6.07) is 5.07. The first-order valence-electron chi connectivity index (χ1n) is 8.35. The van der Waals surface area contributed by atoms with Crippen molar-refractivity contribution in [2.75, 3.05) is 32.7 Å². The van der Waals surface area contributed by atoms with Crippen molar-refractivity contribution in [1.29, 1.82) is 0 Å². The number of H-pyrrole nitrogens is 1. The van der Waals surface area contributed by atoms with Crippen molar-refractivity contribution in [2.24, 2.45) is 0 Å². The molecule has 2 aliphatic rings. The molecule has 0 spiro atoms. The number of benzene rings is 1. The number of hydrogen-bond donors (Lipinski definition) is 2. The van der Waals surface area contributed by atoms with E-state index >= 15 is 0 Å². The van der Waals surface area contributed by atoms with Crippen molar-refractivity contribution >= 4 is 27.0 Å². The second-order valence-electron chi connectivity index (χ2n) is 6.50. The molecule has 25 heavy (non-hydrogen) atoms. The predicted molar refractivity (Wildman–Crippen MR) is 90.3 cm³/mol. The van der Waals surface area contributed by atoms with Gasteiger partial charge in [-0.15, -0.1) is 0 Å². The molecule has 1 aromatic heterocycles. The van der Waals surface area contributed by atoms with Crippen molar-refractivity contribution in [3.8, 4) is 0 Å². The molecule has 0 bridgehead atoms. The summed E-state index contributed by atoms with van der Waals surface area (Å²) < 4.78 is 27.1. The lowest BCUT2D eigenvalue weighted by atomic mass is 10.3. The third-order valence-electron chi connectivity index (χ3n) is 4.57. The summed E-state index contributed by atoms with van der Waals surface area (Å²) in [7, 11) is -3.57. The maximum absolute atomic E-state index is 12.8. The lowest BCUT2D eigenvalue weighted by Gasteiger charge is -2.33. The zero-order valence-corrected chi connectivity index (χ0v) is 14.5. The first kappa shape index (κ1) is 16.4.